The van der Waals surface area contributed by atoms with Crippen molar-refractivity contribution in [3.05, 3.63) is 48.5 Å². The Morgan fingerprint density at radius 2 is 1.24 bits per heavy atom. The molecule has 1 heterocycles. The highest BCUT2D eigenvalue weighted by Gasteiger charge is 2.44. The Morgan fingerprint density at radius 3 is 1.67 bits per heavy atom. The standard InChI is InChI=1S/C18H23NSSi/c1-18(2,3)21(4,5)19-14-10-6-8-12-16(14)20-17-13-9-7-11-15(17)19/h6-13H,1-5H3. The maximum Gasteiger partial charge on any atom is 0.161 e. The fourth-order valence-corrected chi connectivity index (χ4v) is 6.13. The Bertz CT molecular complexity index is 627. The summed E-state index contributed by atoms with van der Waals surface area (Å²) in [6.45, 7) is 12.1. The quantitative estimate of drug-likeness (QED) is 0.569. The lowest BCUT2D eigenvalue weighted by atomic mass is 10.2. The minimum absolute atomic E-state index is 0.301. The summed E-state index contributed by atoms with van der Waals surface area (Å²) >= 11 is 1.89. The molecule has 0 aliphatic carbocycles. The van der Waals surface area contributed by atoms with Crippen LogP contribution >= 0.6 is 11.8 Å². The zero-order chi connectivity index (χ0) is 15.3. The molecule has 0 N–H and O–H groups in total. The van der Waals surface area contributed by atoms with Gasteiger partial charge in [-0.3, -0.25) is 0 Å². The first-order chi connectivity index (χ1) is 9.82. The first kappa shape index (κ1) is 14.7. The van der Waals surface area contributed by atoms with Crippen LogP contribution in [-0.2, 0) is 0 Å². The lowest BCUT2D eigenvalue weighted by Gasteiger charge is -2.49. The zero-order valence-corrected chi connectivity index (χ0v) is 15.3. The number of para-hydroxylation sites is 2. The van der Waals surface area contributed by atoms with Crippen LogP contribution in [0.1, 0.15) is 20.8 Å². The minimum Gasteiger partial charge on any atom is -0.367 e. The van der Waals surface area contributed by atoms with Crippen LogP contribution in [0.25, 0.3) is 0 Å². The Balaban J connectivity index is 2.25. The van der Waals surface area contributed by atoms with Crippen molar-refractivity contribution < 1.29 is 0 Å². The van der Waals surface area contributed by atoms with E-state index in [2.05, 4.69) is 87.0 Å². The molecular formula is C18H23NSSi. The van der Waals surface area contributed by atoms with Gasteiger partial charge in [-0.2, -0.15) is 0 Å². The molecule has 3 rings (SSSR count). The minimum atomic E-state index is -1.69. The van der Waals surface area contributed by atoms with Crippen LogP contribution in [0.3, 0.4) is 0 Å². The molecule has 0 spiro atoms. The number of benzene rings is 2. The predicted molar refractivity (Wildman–Crippen MR) is 96.3 cm³/mol. The second kappa shape index (κ2) is 4.92. The lowest BCUT2D eigenvalue weighted by molar-refractivity contribution is 0.714. The van der Waals surface area contributed by atoms with E-state index in [0.29, 0.717) is 5.04 Å². The van der Waals surface area contributed by atoms with Crippen LogP contribution in [0, 0.1) is 0 Å². The largest absolute Gasteiger partial charge is 0.367 e. The third-order valence-electron chi connectivity index (χ3n) is 4.83. The van der Waals surface area contributed by atoms with Gasteiger partial charge in [0, 0.05) is 21.2 Å². The van der Waals surface area contributed by atoms with Crippen LogP contribution in [-0.4, -0.2) is 8.24 Å². The van der Waals surface area contributed by atoms with Crippen LogP contribution in [0.2, 0.25) is 18.1 Å². The average Bonchev–Trinajstić information content (AvgIpc) is 2.43. The van der Waals surface area contributed by atoms with Gasteiger partial charge >= 0.3 is 0 Å². The van der Waals surface area contributed by atoms with E-state index < -0.39 is 8.24 Å². The van der Waals surface area contributed by atoms with Crippen molar-refractivity contribution in [2.75, 3.05) is 4.57 Å². The highest BCUT2D eigenvalue weighted by atomic mass is 32.2. The fraction of sp³-hybridized carbons (Fsp3) is 0.333. The van der Waals surface area contributed by atoms with E-state index in [0.717, 1.165) is 0 Å². The van der Waals surface area contributed by atoms with Gasteiger partial charge < -0.3 is 4.57 Å². The summed E-state index contributed by atoms with van der Waals surface area (Å²) in [7, 11) is -1.69. The summed E-state index contributed by atoms with van der Waals surface area (Å²) < 4.78 is 2.66. The SMILES string of the molecule is CC(C)(C)[Si](C)(C)N1c2ccccc2Sc2ccccc21. The zero-order valence-electron chi connectivity index (χ0n) is 13.5. The van der Waals surface area contributed by atoms with Gasteiger partial charge in [0.05, 0.1) is 0 Å². The van der Waals surface area contributed by atoms with Gasteiger partial charge in [-0.05, 0) is 29.3 Å². The summed E-state index contributed by atoms with van der Waals surface area (Å²) in [5.41, 5.74) is 2.76. The van der Waals surface area contributed by atoms with E-state index in [-0.39, 0.29) is 0 Å². The molecular weight excluding hydrogens is 290 g/mol. The Labute approximate surface area is 133 Å². The van der Waals surface area contributed by atoms with Gasteiger partial charge in [-0.1, -0.05) is 69.9 Å². The molecule has 0 aromatic heterocycles. The second-order valence-corrected chi connectivity index (χ2v) is 13.3. The Hall–Kier alpha value is -1.19. The van der Waals surface area contributed by atoms with Gasteiger partial charge in [-0.25, -0.2) is 0 Å². The number of hydrogen-bond donors (Lipinski definition) is 0. The maximum absolute atomic E-state index is 2.66. The van der Waals surface area contributed by atoms with Crippen molar-refractivity contribution in [1.82, 2.24) is 0 Å². The number of rotatable bonds is 1. The van der Waals surface area contributed by atoms with Crippen molar-refractivity contribution in [3.63, 3.8) is 0 Å². The molecule has 21 heavy (non-hydrogen) atoms. The van der Waals surface area contributed by atoms with Gasteiger partial charge in [0.2, 0.25) is 0 Å². The molecule has 1 nitrogen and oxygen atoms in total. The third-order valence-corrected chi connectivity index (χ3v) is 11.2. The van der Waals surface area contributed by atoms with Crippen molar-refractivity contribution in [2.45, 2.75) is 48.7 Å². The molecule has 0 amide bonds. The molecule has 0 unspecified atom stereocenters. The van der Waals surface area contributed by atoms with Gasteiger partial charge in [0.15, 0.2) is 8.24 Å². The number of fused-ring (bicyclic) bond motifs is 2. The molecule has 1 aliphatic rings. The van der Waals surface area contributed by atoms with Gasteiger partial charge in [-0.15, -0.1) is 0 Å². The third kappa shape index (κ3) is 2.32. The van der Waals surface area contributed by atoms with Gasteiger partial charge in [0.1, 0.15) is 0 Å². The number of nitrogens with zero attached hydrogens (tertiary/aromatic N) is 1. The molecule has 0 fully saturated rings. The highest BCUT2D eigenvalue weighted by molar-refractivity contribution is 7.99. The Morgan fingerprint density at radius 1 is 0.810 bits per heavy atom. The topological polar surface area (TPSA) is 3.24 Å². The summed E-state index contributed by atoms with van der Waals surface area (Å²) in [6.07, 6.45) is 0. The number of anilines is 2. The van der Waals surface area contributed by atoms with E-state index in [1.807, 2.05) is 11.8 Å². The summed E-state index contributed by atoms with van der Waals surface area (Å²) in [5, 5.41) is 0.301. The molecule has 0 bridgehead atoms. The normalized spacial score (nSPS) is 14.6. The molecule has 0 atom stereocenters. The van der Waals surface area contributed by atoms with Crippen LogP contribution in [0.4, 0.5) is 11.4 Å². The van der Waals surface area contributed by atoms with Crippen molar-refractivity contribution in [3.8, 4) is 0 Å². The molecule has 2 aromatic rings. The Kier molecular flexibility index (Phi) is 3.45. The molecule has 0 saturated carbocycles. The average molecular weight is 314 g/mol. The monoisotopic (exact) mass is 313 g/mol. The first-order valence-corrected chi connectivity index (χ1v) is 11.2. The number of hydrogen-bond acceptors (Lipinski definition) is 2. The van der Waals surface area contributed by atoms with E-state index in [1.165, 1.54) is 21.2 Å². The molecule has 0 radical (unpaired) electrons. The smallest absolute Gasteiger partial charge is 0.161 e. The van der Waals surface area contributed by atoms with E-state index in [4.69, 9.17) is 0 Å². The fourth-order valence-electron chi connectivity index (χ4n) is 2.64. The van der Waals surface area contributed by atoms with E-state index in [1.54, 1.807) is 0 Å². The van der Waals surface area contributed by atoms with E-state index in [9.17, 15) is 0 Å². The van der Waals surface area contributed by atoms with Crippen LogP contribution < -0.4 is 4.57 Å². The van der Waals surface area contributed by atoms with Crippen molar-refractivity contribution in [1.29, 1.82) is 0 Å². The molecule has 2 aromatic carbocycles. The summed E-state index contributed by atoms with van der Waals surface area (Å²) in [4.78, 5) is 2.75. The summed E-state index contributed by atoms with van der Waals surface area (Å²) in [5.74, 6) is 0. The first-order valence-electron chi connectivity index (χ1n) is 7.48. The van der Waals surface area contributed by atoms with Crippen LogP contribution in [0.15, 0.2) is 58.3 Å². The molecule has 0 saturated heterocycles. The molecule has 1 aliphatic heterocycles. The summed E-state index contributed by atoms with van der Waals surface area (Å²) in [6, 6.07) is 17.7. The predicted octanol–water partition coefficient (Wildman–Crippen LogP) is 6.29. The maximum atomic E-state index is 2.66. The van der Waals surface area contributed by atoms with Crippen molar-refractivity contribution in [2.24, 2.45) is 0 Å². The molecule has 3 heteroatoms. The van der Waals surface area contributed by atoms with Gasteiger partial charge in [0.25, 0.3) is 0 Å². The van der Waals surface area contributed by atoms with E-state index >= 15 is 0 Å². The lowest BCUT2D eigenvalue weighted by Crippen LogP contribution is -2.53. The van der Waals surface area contributed by atoms with Crippen LogP contribution in [0.5, 0.6) is 0 Å². The van der Waals surface area contributed by atoms with Crippen molar-refractivity contribution >= 4 is 31.4 Å². The highest BCUT2D eigenvalue weighted by Crippen LogP contribution is 2.53. The second-order valence-electron chi connectivity index (χ2n) is 7.18. The molecule has 110 valence electrons.